The van der Waals surface area contributed by atoms with Gasteiger partial charge >= 0.3 is 51.4 Å². The molecule has 0 radical (unpaired) electrons. The summed E-state index contributed by atoms with van der Waals surface area (Å²) in [6, 6.07) is 10.7. The molecule has 0 heterocycles. The van der Waals surface area contributed by atoms with Crippen LogP contribution in [0.5, 0.6) is 17.2 Å². The summed E-state index contributed by atoms with van der Waals surface area (Å²) in [5, 5.41) is 12.4. The van der Waals surface area contributed by atoms with Gasteiger partial charge in [-0.05, 0) is 30.5 Å². The van der Waals surface area contributed by atoms with Gasteiger partial charge in [-0.15, -0.1) is 0 Å². The van der Waals surface area contributed by atoms with Gasteiger partial charge in [0.2, 0.25) is 0 Å². The second-order valence-corrected chi connectivity index (χ2v) is 9.09. The largest absolute Gasteiger partial charge is 1.00 e. The maximum absolute atomic E-state index is 12.4. The molecule has 2 aromatic carbocycles. The third-order valence-corrected chi connectivity index (χ3v) is 6.09. The predicted molar refractivity (Wildman–Crippen MR) is 118 cm³/mol. The van der Waals surface area contributed by atoms with Crippen molar-refractivity contribution < 1.29 is 74.2 Å². The Bertz CT molecular complexity index is 883. The van der Waals surface area contributed by atoms with Crippen molar-refractivity contribution in [3.05, 3.63) is 48.0 Å². The Hall–Kier alpha value is -0.414. The van der Waals surface area contributed by atoms with Crippen LogP contribution in [0.4, 0.5) is 0 Å². The molecule has 0 fully saturated rings. The number of ether oxygens (including phenoxy) is 1. The first-order chi connectivity index (χ1) is 14.4. The summed E-state index contributed by atoms with van der Waals surface area (Å²) < 4.78 is 38.3. The zero-order valence-electron chi connectivity index (χ0n) is 18.8. The molecule has 0 saturated heterocycles. The Morgan fingerprint density at radius 3 is 2.03 bits per heavy atom. The standard InChI is InChI=1S/C24H34O5S.K/c1-2-3-4-5-6-7-8-9-10-11-15-20-16-14-17-21(25)24(20)29-22-18-12-13-19-23(22)30(26,27)28;/h12-14,16-19,25H,2-11,15H2,1H3,(H,26,27,28);/q;+1/p-1. The minimum absolute atomic E-state index is 0. The number of hydrogen-bond donors (Lipinski definition) is 1. The number of unbranched alkanes of at least 4 members (excludes halogenated alkanes) is 9. The summed E-state index contributed by atoms with van der Waals surface area (Å²) in [5.74, 6) is -0.220. The fourth-order valence-corrected chi connectivity index (χ4v) is 4.15. The van der Waals surface area contributed by atoms with Crippen LogP contribution in [0.15, 0.2) is 47.4 Å². The van der Waals surface area contributed by atoms with Crippen LogP contribution in [0.1, 0.15) is 76.7 Å². The Balaban J connectivity index is 0.00000480. The third-order valence-electron chi connectivity index (χ3n) is 5.20. The number of benzene rings is 2. The molecule has 0 aliphatic heterocycles. The van der Waals surface area contributed by atoms with Crippen LogP contribution in [0.2, 0.25) is 0 Å². The van der Waals surface area contributed by atoms with Gasteiger partial charge in [-0.2, -0.15) is 8.42 Å². The molecule has 0 unspecified atom stereocenters. The van der Waals surface area contributed by atoms with Crippen molar-refractivity contribution in [1.29, 1.82) is 0 Å². The first kappa shape index (κ1) is 28.6. The Morgan fingerprint density at radius 2 is 1.42 bits per heavy atom. The van der Waals surface area contributed by atoms with E-state index in [2.05, 4.69) is 6.92 Å². The molecule has 0 aliphatic carbocycles. The van der Waals surface area contributed by atoms with Crippen LogP contribution in [-0.2, 0) is 16.5 Å². The van der Waals surface area contributed by atoms with Crippen molar-refractivity contribution in [2.45, 2.75) is 82.4 Å². The summed E-state index contributed by atoms with van der Waals surface area (Å²) in [6.45, 7) is 2.23. The first-order valence-corrected chi connectivity index (χ1v) is 12.4. The molecule has 0 aliphatic rings. The fourth-order valence-electron chi connectivity index (χ4n) is 3.53. The molecule has 1 N–H and O–H groups in total. The summed E-state index contributed by atoms with van der Waals surface area (Å²) in [5.41, 5.74) is 0.757. The van der Waals surface area contributed by atoms with Crippen molar-refractivity contribution in [3.63, 3.8) is 0 Å². The third kappa shape index (κ3) is 10.4. The van der Waals surface area contributed by atoms with E-state index in [0.717, 1.165) is 18.4 Å². The van der Waals surface area contributed by atoms with Gasteiger partial charge in [0.1, 0.15) is 16.4 Å². The van der Waals surface area contributed by atoms with Crippen molar-refractivity contribution >= 4 is 10.1 Å². The molecule has 0 atom stereocenters. The smallest absolute Gasteiger partial charge is 0.870 e. The number of hydrogen-bond acceptors (Lipinski definition) is 4. The summed E-state index contributed by atoms with van der Waals surface area (Å²) in [6.07, 6.45) is 13.0. The summed E-state index contributed by atoms with van der Waals surface area (Å²) in [7, 11) is -4.44. The van der Waals surface area contributed by atoms with E-state index in [0.29, 0.717) is 6.42 Å². The van der Waals surface area contributed by atoms with Crippen molar-refractivity contribution in [2.75, 3.05) is 0 Å². The van der Waals surface area contributed by atoms with Crippen LogP contribution in [0, 0.1) is 0 Å². The average molecular weight is 473 g/mol. The molecule has 2 aromatic rings. The molecule has 0 saturated carbocycles. The molecule has 5 nitrogen and oxygen atoms in total. The molecular formula is C24H33KO5S. The predicted octanol–water partition coefficient (Wildman–Crippen LogP) is 3.27. The molecule has 7 heteroatoms. The van der Waals surface area contributed by atoms with E-state index in [1.165, 1.54) is 75.6 Å². The Labute approximate surface area is 229 Å². The van der Waals surface area contributed by atoms with Crippen LogP contribution >= 0.6 is 0 Å². The van der Waals surface area contributed by atoms with Gasteiger partial charge in [-0.3, -0.25) is 4.55 Å². The minimum Gasteiger partial charge on any atom is -0.870 e. The van der Waals surface area contributed by atoms with Gasteiger partial charge in [0, 0.05) is 0 Å². The normalized spacial score (nSPS) is 11.2. The molecular weight excluding hydrogens is 439 g/mol. The van der Waals surface area contributed by atoms with E-state index in [4.69, 9.17) is 4.74 Å². The molecule has 0 amide bonds. The maximum Gasteiger partial charge on any atom is 1.00 e. The van der Waals surface area contributed by atoms with Crippen molar-refractivity contribution in [3.8, 4) is 17.2 Å². The Kier molecular flexibility index (Phi) is 14.2. The van der Waals surface area contributed by atoms with E-state index in [1.807, 2.05) is 6.07 Å². The molecule has 0 spiro atoms. The second-order valence-electron chi connectivity index (χ2n) is 7.70. The topological polar surface area (TPSA) is 86.7 Å². The average Bonchev–Trinajstić information content (AvgIpc) is 2.71. The van der Waals surface area contributed by atoms with Gasteiger partial charge < -0.3 is 9.84 Å². The van der Waals surface area contributed by atoms with Crippen LogP contribution in [-0.4, -0.2) is 13.0 Å². The van der Waals surface area contributed by atoms with Gasteiger partial charge in [-0.1, -0.05) is 101 Å². The van der Waals surface area contributed by atoms with Crippen LogP contribution in [0.3, 0.4) is 0 Å². The molecule has 2 rings (SSSR count). The van der Waals surface area contributed by atoms with Gasteiger partial charge in [-0.25, -0.2) is 0 Å². The Morgan fingerprint density at radius 1 is 0.839 bits per heavy atom. The quantitative estimate of drug-likeness (QED) is 0.259. The molecule has 0 bridgehead atoms. The SMILES string of the molecule is CCCCCCCCCCCCc1cccc([O-])c1Oc1ccccc1S(=O)(=O)O.[K+]. The van der Waals surface area contributed by atoms with E-state index in [9.17, 15) is 18.1 Å². The van der Waals surface area contributed by atoms with E-state index < -0.39 is 10.1 Å². The monoisotopic (exact) mass is 472 g/mol. The zero-order chi connectivity index (χ0) is 21.8. The van der Waals surface area contributed by atoms with Crippen molar-refractivity contribution in [1.82, 2.24) is 0 Å². The molecule has 31 heavy (non-hydrogen) atoms. The molecule has 166 valence electrons. The van der Waals surface area contributed by atoms with Crippen molar-refractivity contribution in [2.24, 2.45) is 0 Å². The van der Waals surface area contributed by atoms with Crippen LogP contribution < -0.4 is 61.2 Å². The number of rotatable bonds is 14. The van der Waals surface area contributed by atoms with Gasteiger partial charge in [0.25, 0.3) is 10.1 Å². The van der Waals surface area contributed by atoms with E-state index in [1.54, 1.807) is 12.1 Å². The fraction of sp³-hybridized carbons (Fsp3) is 0.500. The summed E-state index contributed by atoms with van der Waals surface area (Å²) in [4.78, 5) is -0.349. The van der Waals surface area contributed by atoms with Crippen LogP contribution in [0.25, 0.3) is 0 Å². The second kappa shape index (κ2) is 15.4. The minimum atomic E-state index is -4.44. The van der Waals surface area contributed by atoms with Gasteiger partial charge in [0.05, 0.1) is 0 Å². The van der Waals surface area contributed by atoms with E-state index in [-0.39, 0.29) is 73.5 Å². The van der Waals surface area contributed by atoms with E-state index >= 15 is 0 Å². The first-order valence-electron chi connectivity index (χ1n) is 11.0. The zero-order valence-corrected chi connectivity index (χ0v) is 22.7. The maximum atomic E-state index is 12.4. The van der Waals surface area contributed by atoms with Gasteiger partial charge in [0.15, 0.2) is 0 Å². The summed E-state index contributed by atoms with van der Waals surface area (Å²) >= 11 is 0. The molecule has 0 aromatic heterocycles. The number of aryl methyl sites for hydroxylation is 1. The number of para-hydroxylation sites is 2.